The topological polar surface area (TPSA) is 66.4 Å². The predicted octanol–water partition coefficient (Wildman–Crippen LogP) is 3.11. The summed E-state index contributed by atoms with van der Waals surface area (Å²) in [6, 6.07) is 6.20. The van der Waals surface area contributed by atoms with Crippen LogP contribution in [0.5, 0.6) is 0 Å². The molecule has 0 fully saturated rings. The van der Waals surface area contributed by atoms with Gasteiger partial charge in [-0.15, -0.1) is 0 Å². The van der Waals surface area contributed by atoms with Gasteiger partial charge in [0, 0.05) is 11.1 Å². The Hall–Kier alpha value is -1.81. The number of hydrogen-bond acceptors (Lipinski definition) is 2. The van der Waals surface area contributed by atoms with Crippen LogP contribution in [0.15, 0.2) is 30.3 Å². The molecule has 1 aromatic carbocycles. The maximum atomic E-state index is 11.7. The number of carbonyl (C=O) groups excluding carboxylic acids is 1. The molecule has 1 unspecified atom stereocenters. The van der Waals surface area contributed by atoms with Gasteiger partial charge in [0.1, 0.15) is 6.04 Å². The maximum absolute atomic E-state index is 11.7. The number of carboxylic acid groups (broad SMARTS) is 1. The van der Waals surface area contributed by atoms with Crippen molar-refractivity contribution in [1.82, 2.24) is 5.32 Å². The summed E-state index contributed by atoms with van der Waals surface area (Å²) < 4.78 is 0. The molecule has 0 saturated heterocycles. The molecule has 0 aliphatic heterocycles. The zero-order valence-corrected chi connectivity index (χ0v) is 12.1. The minimum Gasteiger partial charge on any atom is -0.480 e. The Morgan fingerprint density at radius 1 is 1.45 bits per heavy atom. The number of carbonyl (C=O) groups is 2. The maximum Gasteiger partial charge on any atom is 0.326 e. The molecule has 1 atom stereocenters. The fourth-order valence-electron chi connectivity index (χ4n) is 1.67. The number of benzene rings is 1. The van der Waals surface area contributed by atoms with Gasteiger partial charge in [-0.1, -0.05) is 43.5 Å². The summed E-state index contributed by atoms with van der Waals surface area (Å²) in [5.74, 6) is -1.43. The highest BCUT2D eigenvalue weighted by atomic mass is 35.5. The third-order valence-corrected chi connectivity index (χ3v) is 2.97. The summed E-state index contributed by atoms with van der Waals surface area (Å²) in [5.41, 5.74) is 0.785. The fourth-order valence-corrected chi connectivity index (χ4v) is 1.87. The van der Waals surface area contributed by atoms with Gasteiger partial charge in [-0.05, 0) is 30.2 Å². The Bertz CT molecular complexity index is 500. The second-order valence-corrected chi connectivity index (χ2v) is 4.87. The van der Waals surface area contributed by atoms with Crippen LogP contribution >= 0.6 is 11.6 Å². The zero-order valence-electron chi connectivity index (χ0n) is 11.3. The van der Waals surface area contributed by atoms with Gasteiger partial charge in [0.05, 0.1) is 0 Å². The minimum absolute atomic E-state index is 0.423. The summed E-state index contributed by atoms with van der Waals surface area (Å²) in [7, 11) is 0. The van der Waals surface area contributed by atoms with E-state index in [0.29, 0.717) is 11.4 Å². The lowest BCUT2D eigenvalue weighted by Gasteiger charge is -2.12. The molecular formula is C15H18ClNO3. The Morgan fingerprint density at radius 3 is 2.80 bits per heavy atom. The molecule has 0 radical (unpaired) electrons. The highest BCUT2D eigenvalue weighted by molar-refractivity contribution is 6.30. The number of amides is 1. The van der Waals surface area contributed by atoms with E-state index in [-0.39, 0.29) is 0 Å². The van der Waals surface area contributed by atoms with E-state index < -0.39 is 17.9 Å². The molecule has 4 nitrogen and oxygen atoms in total. The number of halogens is 1. The number of aliphatic carboxylic acids is 1. The number of carboxylic acids is 1. The molecular weight excluding hydrogens is 278 g/mol. The van der Waals surface area contributed by atoms with Crippen LogP contribution in [0.4, 0.5) is 0 Å². The molecule has 1 rings (SSSR count). The Kier molecular flexibility index (Phi) is 6.81. The monoisotopic (exact) mass is 295 g/mol. The average Bonchev–Trinajstić information content (AvgIpc) is 2.41. The van der Waals surface area contributed by atoms with E-state index in [1.54, 1.807) is 30.3 Å². The van der Waals surface area contributed by atoms with Gasteiger partial charge in [-0.25, -0.2) is 4.79 Å². The van der Waals surface area contributed by atoms with Gasteiger partial charge in [0.25, 0.3) is 0 Å². The number of nitrogens with one attached hydrogen (secondary N) is 1. The van der Waals surface area contributed by atoms with Crippen molar-refractivity contribution in [2.75, 3.05) is 0 Å². The first kappa shape index (κ1) is 16.2. The lowest BCUT2D eigenvalue weighted by Crippen LogP contribution is -2.39. The first-order valence-electron chi connectivity index (χ1n) is 6.50. The standard InChI is InChI=1S/C15H18ClNO3/c1-2-3-7-13(15(19)20)17-14(18)9-8-11-5-4-6-12(16)10-11/h4-6,8-10,13H,2-3,7H2,1H3,(H,17,18)(H,19,20)/b9-8+. The quantitative estimate of drug-likeness (QED) is 0.760. The number of hydrogen-bond donors (Lipinski definition) is 2. The van der Waals surface area contributed by atoms with Crippen molar-refractivity contribution in [3.63, 3.8) is 0 Å². The van der Waals surface area contributed by atoms with Gasteiger partial charge < -0.3 is 10.4 Å². The van der Waals surface area contributed by atoms with E-state index >= 15 is 0 Å². The van der Waals surface area contributed by atoms with Crippen LogP contribution in [-0.4, -0.2) is 23.0 Å². The van der Waals surface area contributed by atoms with Crippen molar-refractivity contribution in [1.29, 1.82) is 0 Å². The third-order valence-electron chi connectivity index (χ3n) is 2.74. The third kappa shape index (κ3) is 5.89. The van der Waals surface area contributed by atoms with Crippen LogP contribution in [0, 0.1) is 0 Å². The van der Waals surface area contributed by atoms with E-state index in [1.165, 1.54) is 6.08 Å². The lowest BCUT2D eigenvalue weighted by molar-refractivity contribution is -0.141. The first-order valence-corrected chi connectivity index (χ1v) is 6.87. The Balaban J connectivity index is 2.59. The first-order chi connectivity index (χ1) is 9.52. The second kappa shape index (κ2) is 8.38. The fraction of sp³-hybridized carbons (Fsp3) is 0.333. The van der Waals surface area contributed by atoms with Crippen molar-refractivity contribution in [3.05, 3.63) is 40.9 Å². The van der Waals surface area contributed by atoms with Crippen LogP contribution in [-0.2, 0) is 9.59 Å². The van der Waals surface area contributed by atoms with E-state index in [1.807, 2.05) is 6.92 Å². The number of unbranched alkanes of at least 4 members (excludes halogenated alkanes) is 1. The molecule has 0 aromatic heterocycles. The van der Waals surface area contributed by atoms with E-state index in [9.17, 15) is 9.59 Å². The smallest absolute Gasteiger partial charge is 0.326 e. The lowest BCUT2D eigenvalue weighted by atomic mass is 10.1. The summed E-state index contributed by atoms with van der Waals surface area (Å²) in [4.78, 5) is 22.7. The summed E-state index contributed by atoms with van der Waals surface area (Å²) in [6.45, 7) is 1.97. The van der Waals surface area contributed by atoms with Crippen molar-refractivity contribution in [2.24, 2.45) is 0 Å². The van der Waals surface area contributed by atoms with E-state index in [4.69, 9.17) is 16.7 Å². The van der Waals surface area contributed by atoms with Crippen molar-refractivity contribution < 1.29 is 14.7 Å². The molecule has 5 heteroatoms. The summed E-state index contributed by atoms with van der Waals surface area (Å²) >= 11 is 5.83. The molecule has 0 bridgehead atoms. The average molecular weight is 296 g/mol. The van der Waals surface area contributed by atoms with E-state index in [0.717, 1.165) is 18.4 Å². The van der Waals surface area contributed by atoms with Crippen LogP contribution < -0.4 is 5.32 Å². The Morgan fingerprint density at radius 2 is 2.20 bits per heavy atom. The molecule has 0 saturated carbocycles. The van der Waals surface area contributed by atoms with Gasteiger partial charge >= 0.3 is 5.97 Å². The Labute approximate surface area is 123 Å². The molecule has 2 N–H and O–H groups in total. The highest BCUT2D eigenvalue weighted by Crippen LogP contribution is 2.11. The van der Waals surface area contributed by atoms with Gasteiger partial charge in [0.2, 0.25) is 5.91 Å². The van der Waals surface area contributed by atoms with E-state index in [2.05, 4.69) is 5.32 Å². The van der Waals surface area contributed by atoms with Crippen molar-refractivity contribution in [2.45, 2.75) is 32.2 Å². The molecule has 108 valence electrons. The molecule has 1 aromatic rings. The van der Waals surface area contributed by atoms with Gasteiger partial charge in [-0.2, -0.15) is 0 Å². The molecule has 0 aliphatic carbocycles. The molecule has 0 aliphatic rings. The highest BCUT2D eigenvalue weighted by Gasteiger charge is 2.17. The van der Waals surface area contributed by atoms with Crippen LogP contribution in [0.3, 0.4) is 0 Å². The second-order valence-electron chi connectivity index (χ2n) is 4.43. The predicted molar refractivity (Wildman–Crippen MR) is 79.6 cm³/mol. The zero-order chi connectivity index (χ0) is 15.0. The van der Waals surface area contributed by atoms with Crippen LogP contribution in [0.2, 0.25) is 5.02 Å². The molecule has 0 spiro atoms. The molecule has 20 heavy (non-hydrogen) atoms. The summed E-state index contributed by atoms with van der Waals surface area (Å²) in [5, 5.41) is 12.1. The van der Waals surface area contributed by atoms with Gasteiger partial charge in [-0.3, -0.25) is 4.79 Å². The minimum atomic E-state index is -1.01. The molecule has 0 heterocycles. The van der Waals surface area contributed by atoms with Crippen LogP contribution in [0.25, 0.3) is 6.08 Å². The summed E-state index contributed by atoms with van der Waals surface area (Å²) in [6.07, 6.45) is 4.99. The largest absolute Gasteiger partial charge is 0.480 e. The normalized spacial score (nSPS) is 12.3. The SMILES string of the molecule is CCCCC(NC(=O)/C=C/c1cccc(Cl)c1)C(=O)O. The van der Waals surface area contributed by atoms with Crippen molar-refractivity contribution >= 4 is 29.6 Å². The number of rotatable bonds is 7. The van der Waals surface area contributed by atoms with Gasteiger partial charge in [0.15, 0.2) is 0 Å². The van der Waals surface area contributed by atoms with Crippen molar-refractivity contribution in [3.8, 4) is 0 Å². The molecule has 1 amide bonds. The van der Waals surface area contributed by atoms with Crippen LogP contribution in [0.1, 0.15) is 31.7 Å².